The summed E-state index contributed by atoms with van der Waals surface area (Å²) in [6.45, 7) is 7.10. The van der Waals surface area contributed by atoms with Crippen LogP contribution in [0.3, 0.4) is 0 Å². The van der Waals surface area contributed by atoms with E-state index >= 15 is 0 Å². The van der Waals surface area contributed by atoms with E-state index in [-0.39, 0.29) is 6.54 Å². The summed E-state index contributed by atoms with van der Waals surface area (Å²) < 4.78 is 1.57. The first-order chi connectivity index (χ1) is 9.43. The molecule has 108 valence electrons. The molecule has 5 heteroatoms. The van der Waals surface area contributed by atoms with E-state index in [1.54, 1.807) is 42.1 Å². The van der Waals surface area contributed by atoms with Crippen LogP contribution in [0.5, 0.6) is 0 Å². The summed E-state index contributed by atoms with van der Waals surface area (Å²) in [5.74, 6) is -1.37. The molecule has 0 atom stereocenters. The molecule has 1 amide bonds. The topological polar surface area (TPSA) is 71.3 Å². The summed E-state index contributed by atoms with van der Waals surface area (Å²) in [4.78, 5) is 23.7. The number of nitrogens with zero attached hydrogens (tertiary/aromatic N) is 1. The fraction of sp³-hybridized carbons (Fsp3) is 0.333. The molecule has 0 radical (unpaired) electrons. The maximum atomic E-state index is 11.9. The van der Waals surface area contributed by atoms with Gasteiger partial charge in [0.25, 0.3) is 11.7 Å². The number of nitrogens with one attached hydrogen (secondary N) is 1. The van der Waals surface area contributed by atoms with Gasteiger partial charge >= 0.3 is 0 Å². The molecule has 1 aromatic heterocycles. The largest absolute Gasteiger partial charge is 0.387 e. The molecule has 0 unspecified atom stereocenters. The van der Waals surface area contributed by atoms with Crippen LogP contribution in [0, 0.1) is 0 Å². The molecule has 0 spiro atoms. The van der Waals surface area contributed by atoms with E-state index in [0.717, 1.165) is 0 Å². The Hall–Kier alpha value is -2.14. The monoisotopic (exact) mass is 276 g/mol. The second-order valence-corrected chi connectivity index (χ2v) is 4.73. The Labute approximate surface area is 118 Å². The average Bonchev–Trinajstić information content (AvgIpc) is 2.82. The van der Waals surface area contributed by atoms with E-state index in [9.17, 15) is 14.7 Å². The van der Waals surface area contributed by atoms with Crippen molar-refractivity contribution in [3.63, 3.8) is 0 Å². The fourth-order valence-corrected chi connectivity index (χ4v) is 1.90. The molecular formula is C15H20N2O3. The molecule has 0 fully saturated rings. The minimum absolute atomic E-state index is 0.0277. The van der Waals surface area contributed by atoms with Crippen LogP contribution in [0.2, 0.25) is 0 Å². The third-order valence-electron chi connectivity index (χ3n) is 3.01. The van der Waals surface area contributed by atoms with E-state index in [1.165, 1.54) is 0 Å². The number of hydrogen-bond acceptors (Lipinski definition) is 3. The van der Waals surface area contributed by atoms with E-state index in [2.05, 4.69) is 18.5 Å². The van der Waals surface area contributed by atoms with Crippen LogP contribution >= 0.6 is 0 Å². The Morgan fingerprint density at radius 1 is 1.40 bits per heavy atom. The van der Waals surface area contributed by atoms with Crippen LogP contribution in [0.4, 0.5) is 0 Å². The second-order valence-electron chi connectivity index (χ2n) is 4.73. The lowest BCUT2D eigenvalue weighted by Crippen LogP contribution is -2.44. The van der Waals surface area contributed by atoms with Crippen molar-refractivity contribution in [2.45, 2.75) is 18.4 Å². The van der Waals surface area contributed by atoms with Crippen LogP contribution in [-0.4, -0.2) is 33.5 Å². The van der Waals surface area contributed by atoms with Gasteiger partial charge in [0, 0.05) is 19.8 Å². The molecule has 1 heterocycles. The standard InChI is InChI=1S/C15H20N2O3/c1-4-8-15(20,9-5-2)11-16-14(19)13(18)12-7-6-10-17(12)3/h4-7,10,20H,1-2,8-9,11H2,3H3,(H,16,19). The number of rotatable bonds is 8. The van der Waals surface area contributed by atoms with Crippen molar-refractivity contribution < 1.29 is 14.7 Å². The summed E-state index contributed by atoms with van der Waals surface area (Å²) in [5.41, 5.74) is -0.855. The predicted molar refractivity (Wildman–Crippen MR) is 77.3 cm³/mol. The first-order valence-corrected chi connectivity index (χ1v) is 6.31. The second kappa shape index (κ2) is 6.86. The minimum Gasteiger partial charge on any atom is -0.387 e. The average molecular weight is 276 g/mol. The summed E-state index contributed by atoms with van der Waals surface area (Å²) in [6.07, 6.45) is 5.42. The zero-order chi connectivity index (χ0) is 15.2. The van der Waals surface area contributed by atoms with Crippen molar-refractivity contribution in [2.24, 2.45) is 7.05 Å². The van der Waals surface area contributed by atoms with Gasteiger partial charge in [-0.05, 0) is 25.0 Å². The smallest absolute Gasteiger partial charge is 0.294 e. The molecule has 0 saturated carbocycles. The normalized spacial score (nSPS) is 10.9. The van der Waals surface area contributed by atoms with E-state index in [1.807, 2.05) is 0 Å². The van der Waals surface area contributed by atoms with Crippen LogP contribution < -0.4 is 5.32 Å². The lowest BCUT2D eigenvalue weighted by Gasteiger charge is -2.25. The number of hydrogen-bond donors (Lipinski definition) is 2. The summed E-state index contributed by atoms with van der Waals surface area (Å²) in [7, 11) is 1.69. The van der Waals surface area contributed by atoms with Gasteiger partial charge in [-0.2, -0.15) is 0 Å². The first-order valence-electron chi connectivity index (χ1n) is 6.31. The maximum absolute atomic E-state index is 11.9. The number of carbonyl (C=O) groups excluding carboxylic acids is 2. The fourth-order valence-electron chi connectivity index (χ4n) is 1.90. The molecular weight excluding hydrogens is 256 g/mol. The van der Waals surface area contributed by atoms with Crippen molar-refractivity contribution in [1.29, 1.82) is 0 Å². The van der Waals surface area contributed by atoms with Gasteiger partial charge in [-0.1, -0.05) is 12.2 Å². The van der Waals surface area contributed by atoms with Gasteiger partial charge < -0.3 is 15.0 Å². The molecule has 0 aromatic carbocycles. The third-order valence-corrected chi connectivity index (χ3v) is 3.01. The minimum atomic E-state index is -1.16. The Morgan fingerprint density at radius 3 is 2.45 bits per heavy atom. The number of aromatic nitrogens is 1. The molecule has 0 aliphatic carbocycles. The zero-order valence-corrected chi connectivity index (χ0v) is 11.6. The number of aryl methyl sites for hydroxylation is 1. The molecule has 5 nitrogen and oxygen atoms in total. The number of aliphatic hydroxyl groups is 1. The highest BCUT2D eigenvalue weighted by molar-refractivity contribution is 6.42. The van der Waals surface area contributed by atoms with Crippen molar-refractivity contribution in [1.82, 2.24) is 9.88 Å². The third kappa shape index (κ3) is 3.93. The highest BCUT2D eigenvalue weighted by Gasteiger charge is 2.26. The molecule has 1 rings (SSSR count). The van der Waals surface area contributed by atoms with Crippen LogP contribution in [0.25, 0.3) is 0 Å². The van der Waals surface area contributed by atoms with Gasteiger partial charge in [-0.25, -0.2) is 0 Å². The van der Waals surface area contributed by atoms with E-state index < -0.39 is 17.3 Å². The van der Waals surface area contributed by atoms with Crippen molar-refractivity contribution in [3.05, 3.63) is 49.3 Å². The quantitative estimate of drug-likeness (QED) is 0.426. The predicted octanol–water partition coefficient (Wildman–Crippen LogP) is 1.21. The van der Waals surface area contributed by atoms with Crippen LogP contribution in [-0.2, 0) is 11.8 Å². The van der Waals surface area contributed by atoms with Gasteiger partial charge in [-0.3, -0.25) is 9.59 Å². The molecule has 1 aromatic rings. The summed E-state index contributed by atoms with van der Waals surface area (Å²) in [5, 5.41) is 12.7. The summed E-state index contributed by atoms with van der Waals surface area (Å²) in [6, 6.07) is 3.26. The molecule has 0 saturated heterocycles. The molecule has 2 N–H and O–H groups in total. The first kappa shape index (κ1) is 15.9. The Kier molecular flexibility index (Phi) is 5.46. The van der Waals surface area contributed by atoms with Gasteiger partial charge in [0.15, 0.2) is 0 Å². The molecule has 20 heavy (non-hydrogen) atoms. The Morgan fingerprint density at radius 2 is 2.00 bits per heavy atom. The number of amides is 1. The zero-order valence-electron chi connectivity index (χ0n) is 11.6. The molecule has 0 aliphatic rings. The van der Waals surface area contributed by atoms with E-state index in [0.29, 0.717) is 18.5 Å². The van der Waals surface area contributed by atoms with Gasteiger partial charge in [0.05, 0.1) is 11.3 Å². The van der Waals surface area contributed by atoms with Gasteiger partial charge in [0.2, 0.25) is 0 Å². The number of carbonyl (C=O) groups is 2. The van der Waals surface area contributed by atoms with Crippen molar-refractivity contribution >= 4 is 11.7 Å². The lowest BCUT2D eigenvalue weighted by molar-refractivity contribution is -0.118. The Balaban J connectivity index is 2.66. The molecule has 0 bridgehead atoms. The Bertz CT molecular complexity index is 507. The van der Waals surface area contributed by atoms with Crippen molar-refractivity contribution in [2.75, 3.05) is 6.54 Å². The van der Waals surface area contributed by atoms with Gasteiger partial charge in [-0.15, -0.1) is 13.2 Å². The highest BCUT2D eigenvalue weighted by atomic mass is 16.3. The van der Waals surface area contributed by atoms with Crippen LogP contribution in [0.15, 0.2) is 43.6 Å². The SMILES string of the molecule is C=CCC(O)(CC=C)CNC(=O)C(=O)c1cccn1C. The number of Topliss-reactive ketones (excluding diaryl/α,β-unsaturated/α-hetero) is 1. The highest BCUT2D eigenvalue weighted by Crippen LogP contribution is 2.15. The lowest BCUT2D eigenvalue weighted by atomic mass is 9.95. The summed E-state index contributed by atoms with van der Waals surface area (Å²) >= 11 is 0. The van der Waals surface area contributed by atoms with Gasteiger partial charge in [0.1, 0.15) is 0 Å². The van der Waals surface area contributed by atoms with Crippen LogP contribution in [0.1, 0.15) is 23.3 Å². The van der Waals surface area contributed by atoms with E-state index in [4.69, 9.17) is 0 Å². The van der Waals surface area contributed by atoms with Crippen molar-refractivity contribution in [3.8, 4) is 0 Å². The molecule has 0 aliphatic heterocycles. The maximum Gasteiger partial charge on any atom is 0.294 e. The number of ketones is 1.